The molecule has 0 spiro atoms. The number of nitrogens with zero attached hydrogens (tertiary/aromatic N) is 1. The number of thioether (sulfide) groups is 1. The van der Waals surface area contributed by atoms with Gasteiger partial charge >= 0.3 is 0 Å². The Bertz CT molecular complexity index is 874. The summed E-state index contributed by atoms with van der Waals surface area (Å²) in [4.78, 5) is 8.25. The van der Waals surface area contributed by atoms with Crippen molar-refractivity contribution < 1.29 is 8.78 Å². The van der Waals surface area contributed by atoms with E-state index in [0.29, 0.717) is 24.0 Å². The fourth-order valence-electron chi connectivity index (χ4n) is 4.73. The summed E-state index contributed by atoms with van der Waals surface area (Å²) in [5.41, 5.74) is 5.74. The topological polar surface area (TPSA) is 28.7 Å². The summed E-state index contributed by atoms with van der Waals surface area (Å²) >= 11 is 1.85. The zero-order chi connectivity index (χ0) is 21.2. The lowest BCUT2D eigenvalue weighted by Crippen LogP contribution is -2.32. The van der Waals surface area contributed by atoms with Gasteiger partial charge in [-0.3, -0.25) is 0 Å². The summed E-state index contributed by atoms with van der Waals surface area (Å²) in [6, 6.07) is 2.28. The third kappa shape index (κ3) is 4.70. The van der Waals surface area contributed by atoms with Crippen LogP contribution in [0.3, 0.4) is 0 Å². The molecule has 2 aromatic heterocycles. The molecule has 3 rings (SSSR count). The minimum Gasteiger partial charge on any atom is -0.343 e. The monoisotopic (exact) mass is 420 g/mol. The van der Waals surface area contributed by atoms with Crippen LogP contribution in [0.2, 0.25) is 0 Å². The third-order valence-electron chi connectivity index (χ3n) is 6.54. The quantitative estimate of drug-likeness (QED) is 0.518. The van der Waals surface area contributed by atoms with Crippen LogP contribution in [0.4, 0.5) is 8.78 Å². The Kier molecular flexibility index (Phi) is 7.08. The molecular formula is C24H34F2N2S. The fourth-order valence-corrected chi connectivity index (χ4v) is 5.33. The number of aromatic amines is 1. The second-order valence-electron chi connectivity index (χ2n) is 8.78. The number of hydrogen-bond acceptors (Lipinski definition) is 2. The number of allylic oxidation sites excluding steroid dienone is 1. The van der Waals surface area contributed by atoms with Crippen molar-refractivity contribution in [3.8, 4) is 0 Å². The Morgan fingerprint density at radius 2 is 2.03 bits per heavy atom. The maximum Gasteiger partial charge on any atom is 0.139 e. The van der Waals surface area contributed by atoms with Gasteiger partial charge in [-0.1, -0.05) is 12.5 Å². The van der Waals surface area contributed by atoms with Crippen LogP contribution in [0, 0.1) is 5.92 Å². The number of H-pyrrole nitrogens is 1. The van der Waals surface area contributed by atoms with Crippen LogP contribution in [-0.2, 0) is 12.8 Å². The van der Waals surface area contributed by atoms with Gasteiger partial charge in [0.1, 0.15) is 18.0 Å². The van der Waals surface area contributed by atoms with Gasteiger partial charge in [0, 0.05) is 22.5 Å². The normalized spacial score (nSPS) is 23.3. The molecule has 29 heavy (non-hydrogen) atoms. The van der Waals surface area contributed by atoms with Gasteiger partial charge in [0.05, 0.1) is 0 Å². The molecule has 2 heterocycles. The number of nitrogens with one attached hydrogen (secondary N) is 1. The van der Waals surface area contributed by atoms with Gasteiger partial charge in [-0.15, -0.1) is 0 Å². The van der Waals surface area contributed by atoms with Crippen LogP contribution in [-0.4, -0.2) is 33.8 Å². The molecule has 1 aliphatic carbocycles. The predicted octanol–water partition coefficient (Wildman–Crippen LogP) is 7.08. The first-order valence-corrected chi connectivity index (χ1v) is 12.1. The Hall–Kier alpha value is -1.36. The maximum absolute atomic E-state index is 14.3. The summed E-state index contributed by atoms with van der Waals surface area (Å²) < 4.78 is 27.3. The maximum atomic E-state index is 14.3. The average Bonchev–Trinajstić information content (AvgIpc) is 3.06. The van der Waals surface area contributed by atoms with Crippen LogP contribution in [0.5, 0.6) is 0 Å². The van der Waals surface area contributed by atoms with E-state index in [-0.39, 0.29) is 0 Å². The number of aryl methyl sites for hydroxylation is 1. The van der Waals surface area contributed by atoms with Crippen molar-refractivity contribution in [2.45, 2.75) is 77.1 Å². The van der Waals surface area contributed by atoms with E-state index in [4.69, 9.17) is 4.98 Å². The van der Waals surface area contributed by atoms with Crippen molar-refractivity contribution in [1.82, 2.24) is 9.97 Å². The van der Waals surface area contributed by atoms with Crippen LogP contribution < -0.4 is 0 Å². The smallest absolute Gasteiger partial charge is 0.139 e. The van der Waals surface area contributed by atoms with E-state index in [1.54, 1.807) is 0 Å². The van der Waals surface area contributed by atoms with Crippen LogP contribution in [0.25, 0.3) is 16.6 Å². The Balaban J connectivity index is 1.95. The van der Waals surface area contributed by atoms with Gasteiger partial charge < -0.3 is 4.98 Å². The van der Waals surface area contributed by atoms with Crippen molar-refractivity contribution in [3.05, 3.63) is 34.7 Å². The Labute approximate surface area is 178 Å². The summed E-state index contributed by atoms with van der Waals surface area (Å²) in [6.45, 7) is 7.88. The summed E-state index contributed by atoms with van der Waals surface area (Å²) in [5, 5.41) is 1.60. The minimum atomic E-state index is -1.59. The molecule has 1 fully saturated rings. The second-order valence-corrected chi connectivity index (χ2v) is 9.96. The first-order chi connectivity index (χ1) is 13.8. The fraction of sp³-hybridized carbons (Fsp3) is 0.625. The zero-order valence-corrected chi connectivity index (χ0v) is 19.2. The van der Waals surface area contributed by atoms with Crippen molar-refractivity contribution in [2.75, 3.05) is 12.9 Å². The van der Waals surface area contributed by atoms with Crippen molar-refractivity contribution in [2.24, 2.45) is 5.92 Å². The lowest BCUT2D eigenvalue weighted by Gasteiger charge is -2.32. The van der Waals surface area contributed by atoms with E-state index < -0.39 is 12.3 Å². The molecule has 1 unspecified atom stereocenters. The molecule has 0 amide bonds. The SMILES string of the molecule is CCc1[nH]c2ncc(C(=C(C)C)C(C)SC)cc2c1CC1CCC(F)(CF)CC1. The molecular weight excluding hydrogens is 386 g/mol. The number of fused-ring (bicyclic) bond motifs is 1. The molecule has 160 valence electrons. The lowest BCUT2D eigenvalue weighted by atomic mass is 9.77. The number of hydrogen-bond donors (Lipinski definition) is 1. The molecule has 1 saturated carbocycles. The number of pyridine rings is 1. The molecule has 1 aliphatic rings. The summed E-state index contributed by atoms with van der Waals surface area (Å²) in [7, 11) is 0. The largest absolute Gasteiger partial charge is 0.343 e. The Morgan fingerprint density at radius 1 is 1.34 bits per heavy atom. The predicted molar refractivity (Wildman–Crippen MR) is 122 cm³/mol. The van der Waals surface area contributed by atoms with E-state index >= 15 is 0 Å². The van der Waals surface area contributed by atoms with E-state index in [2.05, 4.69) is 45.0 Å². The molecule has 2 nitrogen and oxygen atoms in total. The molecule has 2 aromatic rings. The highest BCUT2D eigenvalue weighted by Crippen LogP contribution is 2.39. The highest BCUT2D eigenvalue weighted by Gasteiger charge is 2.35. The zero-order valence-electron chi connectivity index (χ0n) is 18.4. The van der Waals surface area contributed by atoms with Crippen molar-refractivity contribution >= 4 is 28.4 Å². The highest BCUT2D eigenvalue weighted by atomic mass is 32.2. The lowest BCUT2D eigenvalue weighted by molar-refractivity contribution is 0.0561. The van der Waals surface area contributed by atoms with Gasteiger partial charge in [-0.2, -0.15) is 11.8 Å². The van der Waals surface area contributed by atoms with E-state index in [1.807, 2.05) is 18.0 Å². The first-order valence-electron chi connectivity index (χ1n) is 10.8. The molecule has 0 aromatic carbocycles. The van der Waals surface area contributed by atoms with Crippen LogP contribution >= 0.6 is 11.8 Å². The number of alkyl halides is 2. The van der Waals surface area contributed by atoms with Gasteiger partial charge in [0.25, 0.3) is 0 Å². The molecule has 0 bridgehead atoms. The highest BCUT2D eigenvalue weighted by molar-refractivity contribution is 7.99. The number of aromatic nitrogens is 2. The first kappa shape index (κ1) is 22.3. The Morgan fingerprint density at radius 3 is 2.59 bits per heavy atom. The van der Waals surface area contributed by atoms with Gasteiger partial charge in [-0.05, 0) is 94.2 Å². The van der Waals surface area contributed by atoms with Gasteiger partial charge in [0.2, 0.25) is 0 Å². The molecule has 0 aliphatic heterocycles. The number of halogens is 2. The van der Waals surface area contributed by atoms with Gasteiger partial charge in [-0.25, -0.2) is 13.8 Å². The standard InChI is InChI=1S/C24H34F2N2S/c1-6-21-19(11-17-7-9-24(26,14-25)10-8-17)20-12-18(13-27-23(20)28-21)22(15(2)3)16(4)29-5/h12-13,16-17H,6-11,14H2,1-5H3,(H,27,28). The molecule has 0 radical (unpaired) electrons. The minimum absolute atomic E-state index is 0.342. The second kappa shape index (κ2) is 9.20. The van der Waals surface area contributed by atoms with Crippen LogP contribution in [0.1, 0.15) is 70.2 Å². The average molecular weight is 421 g/mol. The third-order valence-corrected chi connectivity index (χ3v) is 7.49. The van der Waals surface area contributed by atoms with Crippen LogP contribution in [0.15, 0.2) is 17.8 Å². The van der Waals surface area contributed by atoms with Crippen molar-refractivity contribution in [3.63, 3.8) is 0 Å². The number of rotatable bonds is 7. The molecule has 0 saturated heterocycles. The van der Waals surface area contributed by atoms with E-state index in [0.717, 1.165) is 31.3 Å². The van der Waals surface area contributed by atoms with Gasteiger partial charge in [0.15, 0.2) is 0 Å². The van der Waals surface area contributed by atoms with Crippen molar-refractivity contribution in [1.29, 1.82) is 0 Å². The summed E-state index contributed by atoms with van der Waals surface area (Å²) in [6.07, 6.45) is 8.15. The molecule has 1 atom stereocenters. The summed E-state index contributed by atoms with van der Waals surface area (Å²) in [5.74, 6) is 0.409. The molecule has 5 heteroatoms. The molecule has 1 N–H and O–H groups in total. The van der Waals surface area contributed by atoms with E-state index in [1.165, 1.54) is 33.4 Å². The van der Waals surface area contributed by atoms with E-state index in [9.17, 15) is 8.78 Å².